The number of benzene rings is 1. The van der Waals surface area contributed by atoms with Gasteiger partial charge in [-0.2, -0.15) is 5.10 Å². The van der Waals surface area contributed by atoms with Crippen molar-refractivity contribution in [1.29, 1.82) is 0 Å². The van der Waals surface area contributed by atoms with Gasteiger partial charge in [-0.15, -0.1) is 0 Å². The van der Waals surface area contributed by atoms with Gasteiger partial charge in [0.25, 0.3) is 5.91 Å². The molecule has 4 rings (SSSR count). The summed E-state index contributed by atoms with van der Waals surface area (Å²) >= 11 is 0. The molecule has 2 atom stereocenters. The minimum absolute atomic E-state index is 0.0462. The Morgan fingerprint density at radius 2 is 2.00 bits per heavy atom. The monoisotopic (exact) mass is 484 g/mol. The van der Waals surface area contributed by atoms with Crippen molar-refractivity contribution in [2.24, 2.45) is 0 Å². The summed E-state index contributed by atoms with van der Waals surface area (Å²) in [6.45, 7) is 0.871. The number of likely N-dealkylation sites (tertiary alicyclic amines) is 1. The molecule has 0 spiro atoms. The number of hydrogen-bond donors (Lipinski definition) is 4. The highest BCUT2D eigenvalue weighted by molar-refractivity contribution is 6.06. The second kappa shape index (κ2) is 11.0. The zero-order valence-electron chi connectivity index (χ0n) is 19.3. The molecule has 0 saturated carbocycles. The predicted octanol–water partition coefficient (Wildman–Crippen LogP) is 1.23. The Balaban J connectivity index is 1.30. The Morgan fingerprint density at radius 1 is 1.20 bits per heavy atom. The fourth-order valence-corrected chi connectivity index (χ4v) is 4.17. The first-order valence-corrected chi connectivity index (χ1v) is 11.4. The van der Waals surface area contributed by atoms with E-state index in [4.69, 9.17) is 9.47 Å². The van der Waals surface area contributed by atoms with Crippen LogP contribution in [-0.2, 0) is 25.7 Å². The van der Waals surface area contributed by atoms with Crippen LogP contribution in [0.2, 0.25) is 0 Å². The second-order valence-corrected chi connectivity index (χ2v) is 8.42. The van der Waals surface area contributed by atoms with E-state index in [1.807, 2.05) is 24.3 Å². The molecule has 12 nitrogen and oxygen atoms in total. The average molecular weight is 485 g/mol. The summed E-state index contributed by atoms with van der Waals surface area (Å²) in [5.41, 5.74) is 1.65. The Kier molecular flexibility index (Phi) is 7.60. The number of imide groups is 1. The summed E-state index contributed by atoms with van der Waals surface area (Å²) in [5, 5.41) is 14.1. The van der Waals surface area contributed by atoms with Crippen molar-refractivity contribution in [3.05, 3.63) is 41.6 Å². The number of urea groups is 1. The molecular weight excluding hydrogens is 456 g/mol. The maximum Gasteiger partial charge on any atom is 0.322 e. The molecule has 3 heterocycles. The highest BCUT2D eigenvalue weighted by Crippen LogP contribution is 2.31. The van der Waals surface area contributed by atoms with Crippen molar-refractivity contribution in [1.82, 2.24) is 25.7 Å². The molecule has 2 aromatic rings. The van der Waals surface area contributed by atoms with E-state index in [1.54, 1.807) is 18.1 Å². The summed E-state index contributed by atoms with van der Waals surface area (Å²) in [6, 6.07) is 7.40. The van der Waals surface area contributed by atoms with Crippen molar-refractivity contribution < 1.29 is 28.7 Å². The summed E-state index contributed by atoms with van der Waals surface area (Å²) in [5.74, 6) is -0.0888. The van der Waals surface area contributed by atoms with E-state index in [0.29, 0.717) is 18.8 Å². The molecule has 5 amide bonds. The first-order valence-electron chi connectivity index (χ1n) is 11.4. The van der Waals surface area contributed by atoms with Crippen LogP contribution in [0.5, 0.6) is 5.75 Å². The molecule has 0 bridgehead atoms. The normalized spacial score (nSPS) is 19.7. The average Bonchev–Trinajstić information content (AvgIpc) is 3.44. The van der Waals surface area contributed by atoms with Crippen LogP contribution in [0.25, 0.3) is 0 Å². The van der Waals surface area contributed by atoms with Gasteiger partial charge in [0.15, 0.2) is 5.82 Å². The van der Waals surface area contributed by atoms with Crippen molar-refractivity contribution in [2.75, 3.05) is 25.6 Å². The van der Waals surface area contributed by atoms with Crippen LogP contribution in [-0.4, -0.2) is 65.2 Å². The third-order valence-electron chi connectivity index (χ3n) is 5.95. The molecule has 186 valence electrons. The van der Waals surface area contributed by atoms with E-state index in [1.165, 1.54) is 0 Å². The molecule has 35 heavy (non-hydrogen) atoms. The molecule has 2 fully saturated rings. The highest BCUT2D eigenvalue weighted by atomic mass is 16.5. The molecule has 0 unspecified atom stereocenters. The summed E-state index contributed by atoms with van der Waals surface area (Å²) in [7, 11) is 1.60. The van der Waals surface area contributed by atoms with Crippen LogP contribution in [0.15, 0.2) is 30.3 Å². The Hall–Kier alpha value is -3.93. The number of carbonyl (C=O) groups is 4. The number of hydrogen-bond acceptors (Lipinski definition) is 7. The van der Waals surface area contributed by atoms with E-state index in [9.17, 15) is 19.2 Å². The zero-order chi connectivity index (χ0) is 24.8. The Bertz CT molecular complexity index is 1080. The smallest absolute Gasteiger partial charge is 0.322 e. The summed E-state index contributed by atoms with van der Waals surface area (Å²) in [4.78, 5) is 49.8. The van der Waals surface area contributed by atoms with Gasteiger partial charge < -0.3 is 25.0 Å². The number of anilines is 1. The second-order valence-electron chi connectivity index (χ2n) is 8.42. The maximum atomic E-state index is 12.9. The molecule has 0 radical (unpaired) electrons. The summed E-state index contributed by atoms with van der Waals surface area (Å²) < 4.78 is 10.8. The first kappa shape index (κ1) is 24.2. The molecule has 2 aliphatic heterocycles. The van der Waals surface area contributed by atoms with E-state index < -0.39 is 23.9 Å². The van der Waals surface area contributed by atoms with Gasteiger partial charge in [0.2, 0.25) is 11.8 Å². The number of rotatable bonds is 9. The van der Waals surface area contributed by atoms with Crippen LogP contribution in [0.1, 0.15) is 43.0 Å². The number of ether oxygens (including phenoxy) is 2. The lowest BCUT2D eigenvalue weighted by atomic mass is 9.99. The summed E-state index contributed by atoms with van der Waals surface area (Å²) in [6.07, 6.45) is 2.40. The minimum Gasteiger partial charge on any atom is -0.497 e. The van der Waals surface area contributed by atoms with Gasteiger partial charge in [-0.3, -0.25) is 24.8 Å². The topological polar surface area (TPSA) is 155 Å². The van der Waals surface area contributed by atoms with E-state index >= 15 is 0 Å². The molecule has 1 aromatic heterocycles. The number of methoxy groups -OCH3 is 1. The molecule has 0 aliphatic carbocycles. The van der Waals surface area contributed by atoms with Gasteiger partial charge in [0.1, 0.15) is 18.4 Å². The molecule has 12 heteroatoms. The number of nitrogens with zero attached hydrogens (tertiary/aromatic N) is 2. The minimum atomic E-state index is -0.912. The number of amides is 5. The Labute approximate surface area is 201 Å². The standard InChI is InChI=1S/C23H28N6O6/c1-34-15-7-5-14(6-8-15)12-35-13-21(31)29-9-3-2-4-18(29)16-10-19(28-27-16)25-20(30)11-17-22(32)26-23(33)24-17/h5-8,10,17-18H,2-4,9,11-13H2,1H3,(H2,24,26,32,33)(H2,25,27,28,30)/t17-,18-/m1/s1. The molecule has 4 N–H and O–H groups in total. The van der Waals surface area contributed by atoms with Crippen LogP contribution in [0, 0.1) is 0 Å². The molecular formula is C23H28N6O6. The number of aromatic amines is 1. The van der Waals surface area contributed by atoms with Crippen molar-refractivity contribution in [3.8, 4) is 5.75 Å². The van der Waals surface area contributed by atoms with Crippen LogP contribution < -0.4 is 20.7 Å². The number of aromatic nitrogens is 2. The van der Waals surface area contributed by atoms with Crippen molar-refractivity contribution >= 4 is 29.6 Å². The van der Waals surface area contributed by atoms with Gasteiger partial charge in [-0.25, -0.2) is 4.79 Å². The lowest BCUT2D eigenvalue weighted by Gasteiger charge is -2.35. The predicted molar refractivity (Wildman–Crippen MR) is 123 cm³/mol. The molecule has 1 aromatic carbocycles. The Morgan fingerprint density at radius 3 is 2.71 bits per heavy atom. The van der Waals surface area contributed by atoms with Crippen LogP contribution in [0.3, 0.4) is 0 Å². The third kappa shape index (κ3) is 6.15. The largest absolute Gasteiger partial charge is 0.497 e. The van der Waals surface area contributed by atoms with Crippen LogP contribution >= 0.6 is 0 Å². The lowest BCUT2D eigenvalue weighted by molar-refractivity contribution is -0.140. The number of H-pyrrole nitrogens is 1. The van der Waals surface area contributed by atoms with Gasteiger partial charge in [-0.05, 0) is 37.0 Å². The third-order valence-corrected chi connectivity index (χ3v) is 5.95. The number of piperidine rings is 1. The fraction of sp³-hybridized carbons (Fsp3) is 0.435. The van der Waals surface area contributed by atoms with E-state index in [-0.39, 0.29) is 30.8 Å². The lowest BCUT2D eigenvalue weighted by Crippen LogP contribution is -2.40. The molecule has 2 aliphatic rings. The SMILES string of the molecule is COc1ccc(COCC(=O)N2CCCC[C@@H]2c2cc(NC(=O)C[C@H]3NC(=O)NC3=O)n[nH]2)cc1. The quantitative estimate of drug-likeness (QED) is 0.390. The maximum absolute atomic E-state index is 12.9. The zero-order valence-corrected chi connectivity index (χ0v) is 19.3. The fourth-order valence-electron chi connectivity index (χ4n) is 4.17. The van der Waals surface area contributed by atoms with Crippen molar-refractivity contribution in [2.45, 2.75) is 44.4 Å². The van der Waals surface area contributed by atoms with Gasteiger partial charge in [0, 0.05) is 12.6 Å². The first-order chi connectivity index (χ1) is 16.9. The van der Waals surface area contributed by atoms with Gasteiger partial charge >= 0.3 is 6.03 Å². The highest BCUT2D eigenvalue weighted by Gasteiger charge is 2.32. The van der Waals surface area contributed by atoms with E-state index in [2.05, 4.69) is 26.1 Å². The number of carbonyl (C=O) groups excluding carboxylic acids is 4. The number of nitrogens with one attached hydrogen (secondary N) is 4. The molecule has 2 saturated heterocycles. The van der Waals surface area contributed by atoms with Crippen LogP contribution in [0.4, 0.5) is 10.6 Å². The van der Waals surface area contributed by atoms with Gasteiger partial charge in [-0.1, -0.05) is 12.1 Å². The van der Waals surface area contributed by atoms with E-state index in [0.717, 1.165) is 30.6 Å². The van der Waals surface area contributed by atoms with Gasteiger partial charge in [0.05, 0.1) is 31.9 Å². The van der Waals surface area contributed by atoms with Crippen molar-refractivity contribution in [3.63, 3.8) is 0 Å².